The lowest BCUT2D eigenvalue weighted by Gasteiger charge is -2.16. The quantitative estimate of drug-likeness (QED) is 0.820. The molecule has 96 valence electrons. The van der Waals surface area contributed by atoms with E-state index >= 15 is 0 Å². The van der Waals surface area contributed by atoms with Gasteiger partial charge in [0.2, 0.25) is 0 Å². The van der Waals surface area contributed by atoms with Crippen molar-refractivity contribution in [3.05, 3.63) is 24.0 Å². The molecule has 1 saturated heterocycles. The predicted octanol–water partition coefficient (Wildman–Crippen LogP) is 0.630. The average molecular weight is 246 g/mol. The van der Waals surface area contributed by atoms with E-state index in [0.29, 0.717) is 11.3 Å². The Hall–Kier alpha value is -1.62. The van der Waals surface area contributed by atoms with Gasteiger partial charge in [0.1, 0.15) is 0 Å². The van der Waals surface area contributed by atoms with Gasteiger partial charge in [-0.05, 0) is 25.3 Å². The van der Waals surface area contributed by atoms with Crippen molar-refractivity contribution in [3.63, 3.8) is 0 Å². The van der Waals surface area contributed by atoms with Crippen LogP contribution >= 0.6 is 0 Å². The van der Waals surface area contributed by atoms with Crippen LogP contribution in [0.3, 0.4) is 0 Å². The number of amides is 1. The van der Waals surface area contributed by atoms with Crippen molar-refractivity contribution in [2.75, 3.05) is 18.8 Å². The van der Waals surface area contributed by atoms with Crippen LogP contribution in [0.25, 0.3) is 0 Å². The average Bonchev–Trinajstić information content (AvgIpc) is 3.11. The van der Waals surface area contributed by atoms with Crippen molar-refractivity contribution in [2.45, 2.75) is 31.3 Å². The Balaban J connectivity index is 1.60. The highest BCUT2D eigenvalue weighted by atomic mass is 16.1. The molecule has 1 aliphatic heterocycles. The Kier molecular flexibility index (Phi) is 2.91. The molecule has 0 radical (unpaired) electrons. The third kappa shape index (κ3) is 2.31. The molecule has 1 aliphatic carbocycles. The summed E-state index contributed by atoms with van der Waals surface area (Å²) in [6.07, 6.45) is 6.78. The Morgan fingerprint density at radius 3 is 3.00 bits per heavy atom. The molecule has 1 unspecified atom stereocenters. The lowest BCUT2D eigenvalue weighted by Crippen LogP contribution is -2.37. The zero-order chi connectivity index (χ0) is 12.5. The largest absolute Gasteiger partial charge is 0.397 e. The maximum absolute atomic E-state index is 12.1. The van der Waals surface area contributed by atoms with Crippen molar-refractivity contribution in [1.29, 1.82) is 0 Å². The number of carbonyl (C=O) groups is 1. The van der Waals surface area contributed by atoms with E-state index in [1.54, 1.807) is 12.3 Å². The summed E-state index contributed by atoms with van der Waals surface area (Å²) in [4.78, 5) is 18.4. The molecule has 1 amide bonds. The van der Waals surface area contributed by atoms with Gasteiger partial charge in [0.05, 0.1) is 17.4 Å². The summed E-state index contributed by atoms with van der Waals surface area (Å²) < 4.78 is 0. The number of nitrogen functional groups attached to an aromatic ring is 1. The van der Waals surface area contributed by atoms with Crippen molar-refractivity contribution < 1.29 is 4.79 Å². The van der Waals surface area contributed by atoms with Crippen LogP contribution in [0.15, 0.2) is 18.5 Å². The molecule has 1 saturated carbocycles. The minimum atomic E-state index is -0.0856. The molecular formula is C13H18N4O. The summed E-state index contributed by atoms with van der Waals surface area (Å²) in [6, 6.07) is 2.70. The number of aromatic nitrogens is 1. The number of nitrogens with zero attached hydrogens (tertiary/aromatic N) is 2. The van der Waals surface area contributed by atoms with E-state index in [0.717, 1.165) is 25.6 Å². The van der Waals surface area contributed by atoms with E-state index in [2.05, 4.69) is 15.2 Å². The molecule has 0 bridgehead atoms. The number of nitrogens with two attached hydrogens (primary N) is 1. The normalized spacial score (nSPS) is 24.1. The smallest absolute Gasteiger partial charge is 0.253 e. The SMILES string of the molecule is Nc1cnccc1C(=O)NC1CCN(C2CC2)C1. The number of hydrogen-bond donors (Lipinski definition) is 2. The van der Waals surface area contributed by atoms with Crippen molar-refractivity contribution >= 4 is 11.6 Å². The van der Waals surface area contributed by atoms with Crippen LogP contribution in [-0.2, 0) is 0 Å². The van der Waals surface area contributed by atoms with Crippen LogP contribution in [0.4, 0.5) is 5.69 Å². The molecule has 1 atom stereocenters. The molecule has 1 aromatic rings. The minimum Gasteiger partial charge on any atom is -0.397 e. The van der Waals surface area contributed by atoms with Gasteiger partial charge in [-0.2, -0.15) is 0 Å². The molecule has 3 rings (SSSR count). The summed E-state index contributed by atoms with van der Waals surface area (Å²) in [7, 11) is 0. The monoisotopic (exact) mass is 246 g/mol. The predicted molar refractivity (Wildman–Crippen MR) is 69.1 cm³/mol. The topological polar surface area (TPSA) is 71.2 Å². The standard InChI is InChI=1S/C13H18N4O/c14-12-7-15-5-3-11(12)13(18)16-9-4-6-17(8-9)10-1-2-10/h3,5,7,9-10H,1-2,4,6,8,14H2,(H,16,18). The molecule has 3 N–H and O–H groups in total. The van der Waals surface area contributed by atoms with Crippen LogP contribution in [0, 0.1) is 0 Å². The van der Waals surface area contributed by atoms with Gasteiger partial charge in [-0.1, -0.05) is 0 Å². The first-order chi connectivity index (χ1) is 8.74. The Morgan fingerprint density at radius 2 is 2.28 bits per heavy atom. The number of rotatable bonds is 3. The molecule has 18 heavy (non-hydrogen) atoms. The number of nitrogens with one attached hydrogen (secondary N) is 1. The molecule has 1 aromatic heterocycles. The van der Waals surface area contributed by atoms with Gasteiger partial charge in [0, 0.05) is 31.4 Å². The lowest BCUT2D eigenvalue weighted by molar-refractivity contribution is 0.0938. The van der Waals surface area contributed by atoms with Crippen LogP contribution in [0.2, 0.25) is 0 Å². The minimum absolute atomic E-state index is 0.0856. The zero-order valence-electron chi connectivity index (χ0n) is 10.3. The fourth-order valence-electron chi connectivity index (χ4n) is 2.55. The first-order valence-electron chi connectivity index (χ1n) is 6.48. The second kappa shape index (κ2) is 4.57. The van der Waals surface area contributed by atoms with Crippen LogP contribution in [0.1, 0.15) is 29.6 Å². The number of pyridine rings is 1. The first-order valence-corrected chi connectivity index (χ1v) is 6.48. The summed E-state index contributed by atoms with van der Waals surface area (Å²) in [5.41, 5.74) is 6.71. The highest BCUT2D eigenvalue weighted by Gasteiger charge is 2.34. The second-order valence-corrected chi connectivity index (χ2v) is 5.15. The fourth-order valence-corrected chi connectivity index (χ4v) is 2.55. The lowest BCUT2D eigenvalue weighted by atomic mass is 10.2. The molecule has 0 aromatic carbocycles. The van der Waals surface area contributed by atoms with Gasteiger partial charge in [-0.15, -0.1) is 0 Å². The van der Waals surface area contributed by atoms with Gasteiger partial charge in [0.25, 0.3) is 5.91 Å². The molecule has 2 heterocycles. The van der Waals surface area contributed by atoms with Gasteiger partial charge in [-0.3, -0.25) is 14.7 Å². The van der Waals surface area contributed by atoms with Crippen LogP contribution < -0.4 is 11.1 Å². The Labute approximate surface area is 106 Å². The van der Waals surface area contributed by atoms with E-state index in [1.807, 2.05) is 0 Å². The maximum Gasteiger partial charge on any atom is 0.253 e. The molecular weight excluding hydrogens is 228 g/mol. The van der Waals surface area contributed by atoms with Gasteiger partial charge in [-0.25, -0.2) is 0 Å². The number of carbonyl (C=O) groups excluding carboxylic acids is 1. The van der Waals surface area contributed by atoms with E-state index in [-0.39, 0.29) is 11.9 Å². The highest BCUT2D eigenvalue weighted by molar-refractivity contribution is 5.99. The van der Waals surface area contributed by atoms with Gasteiger partial charge >= 0.3 is 0 Å². The zero-order valence-corrected chi connectivity index (χ0v) is 10.3. The molecule has 2 aliphatic rings. The molecule has 5 heteroatoms. The van der Waals surface area contributed by atoms with E-state index in [9.17, 15) is 4.79 Å². The van der Waals surface area contributed by atoms with Crippen molar-refractivity contribution in [3.8, 4) is 0 Å². The maximum atomic E-state index is 12.1. The van der Waals surface area contributed by atoms with Crippen LogP contribution in [0.5, 0.6) is 0 Å². The van der Waals surface area contributed by atoms with Gasteiger partial charge in [0.15, 0.2) is 0 Å². The number of hydrogen-bond acceptors (Lipinski definition) is 4. The third-order valence-corrected chi connectivity index (χ3v) is 3.71. The Morgan fingerprint density at radius 1 is 1.44 bits per heavy atom. The summed E-state index contributed by atoms with van der Waals surface area (Å²) >= 11 is 0. The van der Waals surface area contributed by atoms with Crippen molar-refractivity contribution in [1.82, 2.24) is 15.2 Å². The summed E-state index contributed by atoms with van der Waals surface area (Å²) in [5.74, 6) is -0.0856. The van der Waals surface area contributed by atoms with Crippen molar-refractivity contribution in [2.24, 2.45) is 0 Å². The molecule has 2 fully saturated rings. The second-order valence-electron chi connectivity index (χ2n) is 5.15. The van der Waals surface area contributed by atoms with E-state index < -0.39 is 0 Å². The highest BCUT2D eigenvalue weighted by Crippen LogP contribution is 2.29. The molecule has 5 nitrogen and oxygen atoms in total. The fraction of sp³-hybridized carbons (Fsp3) is 0.538. The van der Waals surface area contributed by atoms with E-state index in [4.69, 9.17) is 5.73 Å². The summed E-state index contributed by atoms with van der Waals surface area (Å²) in [5, 5.41) is 3.06. The number of anilines is 1. The first kappa shape index (κ1) is 11.5. The summed E-state index contributed by atoms with van der Waals surface area (Å²) in [6.45, 7) is 2.07. The van der Waals surface area contributed by atoms with Gasteiger partial charge < -0.3 is 11.1 Å². The molecule has 0 spiro atoms. The van der Waals surface area contributed by atoms with E-state index in [1.165, 1.54) is 19.0 Å². The Bertz CT molecular complexity index is 458. The number of likely N-dealkylation sites (tertiary alicyclic amines) is 1. The third-order valence-electron chi connectivity index (χ3n) is 3.71. The van der Waals surface area contributed by atoms with Crippen LogP contribution in [-0.4, -0.2) is 41.0 Å².